The van der Waals surface area contributed by atoms with Gasteiger partial charge in [0.15, 0.2) is 0 Å². The maximum atomic E-state index is 11.4. The number of methoxy groups -OCH3 is 1. The highest BCUT2D eigenvalue weighted by Crippen LogP contribution is 2.43. The lowest BCUT2D eigenvalue weighted by molar-refractivity contribution is -0.156. The second kappa shape index (κ2) is 4.52. The summed E-state index contributed by atoms with van der Waals surface area (Å²) in [5, 5.41) is 9.39. The van der Waals surface area contributed by atoms with Crippen LogP contribution in [0.3, 0.4) is 0 Å². The average molecular weight is 214 g/mol. The van der Waals surface area contributed by atoms with Gasteiger partial charge >= 0.3 is 5.97 Å². The second-order valence-corrected chi connectivity index (χ2v) is 5.29. The summed E-state index contributed by atoms with van der Waals surface area (Å²) in [7, 11) is 1.65. The molecule has 1 rings (SSSR count). The van der Waals surface area contributed by atoms with Crippen molar-refractivity contribution in [1.82, 2.24) is 0 Å². The van der Waals surface area contributed by atoms with Gasteiger partial charge < -0.3 is 9.84 Å². The van der Waals surface area contributed by atoms with Crippen LogP contribution in [0.5, 0.6) is 0 Å². The van der Waals surface area contributed by atoms with Gasteiger partial charge in [0.1, 0.15) is 0 Å². The molecule has 1 saturated carbocycles. The van der Waals surface area contributed by atoms with Gasteiger partial charge in [-0.3, -0.25) is 4.79 Å². The van der Waals surface area contributed by atoms with E-state index < -0.39 is 11.4 Å². The number of ether oxygens (including phenoxy) is 1. The number of aliphatic carboxylic acids is 1. The zero-order chi connectivity index (χ0) is 11.5. The van der Waals surface area contributed by atoms with Gasteiger partial charge in [-0.2, -0.15) is 0 Å². The molecular weight excluding hydrogens is 192 g/mol. The zero-order valence-electron chi connectivity index (χ0n) is 10.0. The van der Waals surface area contributed by atoms with Crippen LogP contribution < -0.4 is 0 Å². The molecular formula is C12H22O3. The highest BCUT2D eigenvalue weighted by atomic mass is 16.5. The molecule has 0 aliphatic heterocycles. The monoisotopic (exact) mass is 214 g/mol. The van der Waals surface area contributed by atoms with Gasteiger partial charge in [0, 0.05) is 7.11 Å². The van der Waals surface area contributed by atoms with Gasteiger partial charge in [-0.1, -0.05) is 19.3 Å². The molecule has 0 saturated heterocycles. The molecule has 0 spiro atoms. The number of hydrogen-bond acceptors (Lipinski definition) is 2. The third-order valence-electron chi connectivity index (χ3n) is 3.58. The molecule has 3 heteroatoms. The van der Waals surface area contributed by atoms with E-state index in [0.717, 1.165) is 25.7 Å². The van der Waals surface area contributed by atoms with E-state index in [4.69, 9.17) is 4.74 Å². The third-order valence-corrected chi connectivity index (χ3v) is 3.58. The first kappa shape index (κ1) is 12.5. The minimum Gasteiger partial charge on any atom is -0.481 e. The Bertz CT molecular complexity index is 227. The van der Waals surface area contributed by atoms with Crippen LogP contribution in [0.1, 0.15) is 52.4 Å². The summed E-state index contributed by atoms with van der Waals surface area (Å²) in [5.41, 5.74) is -0.881. The van der Waals surface area contributed by atoms with Crippen molar-refractivity contribution in [1.29, 1.82) is 0 Å². The third kappa shape index (κ3) is 2.94. The Balaban J connectivity index is 2.77. The van der Waals surface area contributed by atoms with Crippen LogP contribution in [-0.2, 0) is 9.53 Å². The normalized spacial score (nSPS) is 21.3. The van der Waals surface area contributed by atoms with Gasteiger partial charge in [-0.05, 0) is 33.1 Å². The second-order valence-electron chi connectivity index (χ2n) is 5.29. The van der Waals surface area contributed by atoms with Gasteiger partial charge in [-0.25, -0.2) is 0 Å². The Hall–Kier alpha value is -0.570. The lowest BCUT2D eigenvalue weighted by Crippen LogP contribution is -2.41. The first-order valence-corrected chi connectivity index (χ1v) is 5.70. The molecule has 15 heavy (non-hydrogen) atoms. The summed E-state index contributed by atoms with van der Waals surface area (Å²) < 4.78 is 5.35. The van der Waals surface area contributed by atoms with E-state index in [9.17, 15) is 9.90 Å². The van der Waals surface area contributed by atoms with Gasteiger partial charge in [-0.15, -0.1) is 0 Å². The fourth-order valence-electron chi connectivity index (χ4n) is 2.58. The molecule has 0 aromatic heterocycles. The van der Waals surface area contributed by atoms with Crippen molar-refractivity contribution >= 4 is 5.97 Å². The lowest BCUT2D eigenvalue weighted by Gasteiger charge is -2.38. The first-order chi connectivity index (χ1) is 6.92. The van der Waals surface area contributed by atoms with E-state index in [-0.39, 0.29) is 5.60 Å². The largest absolute Gasteiger partial charge is 0.481 e. The molecule has 1 aliphatic carbocycles. The first-order valence-electron chi connectivity index (χ1n) is 5.70. The molecule has 0 unspecified atom stereocenters. The predicted octanol–water partition coefficient (Wildman–Crippen LogP) is 2.84. The number of rotatable bonds is 4. The molecule has 0 bridgehead atoms. The van der Waals surface area contributed by atoms with E-state index in [1.165, 1.54) is 6.42 Å². The van der Waals surface area contributed by atoms with Crippen LogP contribution in [-0.4, -0.2) is 23.8 Å². The van der Waals surface area contributed by atoms with E-state index >= 15 is 0 Å². The highest BCUT2D eigenvalue weighted by Gasteiger charge is 2.43. The Morgan fingerprint density at radius 1 is 1.33 bits per heavy atom. The Kier molecular flexibility index (Phi) is 3.77. The Morgan fingerprint density at radius 2 is 1.87 bits per heavy atom. The van der Waals surface area contributed by atoms with Crippen molar-refractivity contribution in [3.8, 4) is 0 Å². The molecule has 0 aromatic rings. The van der Waals surface area contributed by atoms with E-state index in [1.54, 1.807) is 7.11 Å². The van der Waals surface area contributed by atoms with E-state index in [1.807, 2.05) is 13.8 Å². The maximum Gasteiger partial charge on any atom is 0.309 e. The summed E-state index contributed by atoms with van der Waals surface area (Å²) in [6, 6.07) is 0. The van der Waals surface area contributed by atoms with Gasteiger partial charge in [0.25, 0.3) is 0 Å². The zero-order valence-corrected chi connectivity index (χ0v) is 10.0. The number of carboxylic acid groups (broad SMARTS) is 1. The van der Waals surface area contributed by atoms with E-state index in [0.29, 0.717) is 6.42 Å². The van der Waals surface area contributed by atoms with Crippen LogP contribution in [0.4, 0.5) is 0 Å². The van der Waals surface area contributed by atoms with Crippen molar-refractivity contribution in [2.45, 2.75) is 58.0 Å². The lowest BCUT2D eigenvalue weighted by atomic mass is 9.68. The van der Waals surface area contributed by atoms with Crippen LogP contribution >= 0.6 is 0 Å². The van der Waals surface area contributed by atoms with Crippen LogP contribution in [0.2, 0.25) is 0 Å². The maximum absolute atomic E-state index is 11.4. The number of carboxylic acids is 1. The summed E-state index contributed by atoms with van der Waals surface area (Å²) in [4.78, 5) is 11.4. The van der Waals surface area contributed by atoms with Crippen LogP contribution in [0, 0.1) is 5.41 Å². The number of hydrogen-bond donors (Lipinski definition) is 1. The molecule has 0 atom stereocenters. The highest BCUT2D eigenvalue weighted by molar-refractivity contribution is 5.74. The standard InChI is InChI=1S/C12H22O3/c1-11(2,15-3)9-12(10(13)14)7-5-4-6-8-12/h4-9H2,1-3H3,(H,13,14). The minimum absolute atomic E-state index is 0.338. The van der Waals surface area contributed by atoms with Crippen molar-refractivity contribution in [2.75, 3.05) is 7.11 Å². The molecule has 1 aliphatic rings. The molecule has 88 valence electrons. The quantitative estimate of drug-likeness (QED) is 0.782. The SMILES string of the molecule is COC(C)(C)CC1(C(=O)O)CCCCC1. The van der Waals surface area contributed by atoms with Crippen molar-refractivity contribution in [3.63, 3.8) is 0 Å². The molecule has 0 radical (unpaired) electrons. The molecule has 0 aromatic carbocycles. The Morgan fingerprint density at radius 3 is 2.27 bits per heavy atom. The summed E-state index contributed by atoms with van der Waals surface area (Å²) in [6.45, 7) is 3.93. The summed E-state index contributed by atoms with van der Waals surface area (Å²) in [6.07, 6.45) is 5.46. The smallest absolute Gasteiger partial charge is 0.309 e. The number of carbonyl (C=O) groups is 1. The fourth-order valence-corrected chi connectivity index (χ4v) is 2.58. The van der Waals surface area contributed by atoms with Crippen molar-refractivity contribution < 1.29 is 14.6 Å². The van der Waals surface area contributed by atoms with E-state index in [2.05, 4.69) is 0 Å². The topological polar surface area (TPSA) is 46.5 Å². The fraction of sp³-hybridized carbons (Fsp3) is 0.917. The average Bonchev–Trinajstić information content (AvgIpc) is 2.18. The molecule has 1 N–H and O–H groups in total. The molecule has 0 heterocycles. The summed E-state index contributed by atoms with van der Waals surface area (Å²) >= 11 is 0. The van der Waals surface area contributed by atoms with Crippen LogP contribution in [0.25, 0.3) is 0 Å². The van der Waals surface area contributed by atoms with Gasteiger partial charge in [0.2, 0.25) is 0 Å². The minimum atomic E-state index is -0.646. The predicted molar refractivity (Wildman–Crippen MR) is 58.9 cm³/mol. The molecule has 3 nitrogen and oxygen atoms in total. The molecule has 0 amide bonds. The van der Waals surface area contributed by atoms with Crippen molar-refractivity contribution in [2.24, 2.45) is 5.41 Å². The Labute approximate surface area is 91.8 Å². The van der Waals surface area contributed by atoms with Crippen LogP contribution in [0.15, 0.2) is 0 Å². The van der Waals surface area contributed by atoms with Crippen molar-refractivity contribution in [3.05, 3.63) is 0 Å². The molecule has 1 fully saturated rings. The van der Waals surface area contributed by atoms with Gasteiger partial charge in [0.05, 0.1) is 11.0 Å². The summed E-state index contributed by atoms with van der Waals surface area (Å²) in [5.74, 6) is -0.646.